The molecule has 12 rings (SSSR count). The third-order valence-corrected chi connectivity index (χ3v) is 15.9. The molecule has 0 bridgehead atoms. The molecular formula is C74H74. The highest BCUT2D eigenvalue weighted by Gasteiger charge is 2.51. The first-order valence-electron chi connectivity index (χ1n) is 27.2. The summed E-state index contributed by atoms with van der Waals surface area (Å²) in [4.78, 5) is 0. The normalized spacial score (nSPS) is 14.0. The molecule has 0 heterocycles. The maximum atomic E-state index is 4.19. The molecule has 0 amide bonds. The van der Waals surface area contributed by atoms with Crippen LogP contribution in [0.2, 0.25) is 0 Å². The molecule has 0 fully saturated rings. The number of hydrogen-bond donors (Lipinski definition) is 0. The van der Waals surface area contributed by atoms with E-state index in [9.17, 15) is 0 Å². The fourth-order valence-corrected chi connectivity index (χ4v) is 11.7. The lowest BCUT2D eigenvalue weighted by Gasteiger charge is -2.30. The topological polar surface area (TPSA) is 0 Å². The summed E-state index contributed by atoms with van der Waals surface area (Å²) in [7, 11) is 0. The number of aryl methyl sites for hydroxylation is 3. The van der Waals surface area contributed by atoms with E-state index < -0.39 is 0 Å². The van der Waals surface area contributed by atoms with Gasteiger partial charge < -0.3 is 0 Å². The van der Waals surface area contributed by atoms with Gasteiger partial charge in [-0.05, 0) is 171 Å². The van der Waals surface area contributed by atoms with Gasteiger partial charge in [0.25, 0.3) is 0 Å². The van der Waals surface area contributed by atoms with E-state index in [4.69, 9.17) is 0 Å². The molecule has 0 saturated carbocycles. The first-order valence-corrected chi connectivity index (χ1v) is 27.2. The lowest BCUT2D eigenvalue weighted by Crippen LogP contribution is -2.26. The van der Waals surface area contributed by atoms with Crippen molar-refractivity contribution < 1.29 is 0 Å². The number of rotatable bonds is 8. The van der Waals surface area contributed by atoms with E-state index in [-0.39, 0.29) is 5.41 Å². The minimum Gasteiger partial charge on any atom is -0.0952 e. The van der Waals surface area contributed by atoms with Gasteiger partial charge in [0.1, 0.15) is 0 Å². The number of allylic oxidation sites excluding steroid dienone is 2. The number of benzene rings is 9. The van der Waals surface area contributed by atoms with Crippen molar-refractivity contribution in [3.63, 3.8) is 0 Å². The summed E-state index contributed by atoms with van der Waals surface area (Å²) in [6.07, 6.45) is 10.1. The van der Waals surface area contributed by atoms with E-state index in [2.05, 4.69) is 274 Å². The summed E-state index contributed by atoms with van der Waals surface area (Å²) in [5.74, 6) is 1.33. The molecule has 74 heavy (non-hydrogen) atoms. The Bertz CT molecular complexity index is 3330. The third kappa shape index (κ3) is 10.5. The molecule has 3 aliphatic carbocycles. The standard InChI is InChI=1S/C33H24.C15H22.C13H16.C13H12/c1-22-14-16-23(17-15-22)20-24-18-19-28-27-10-4-7-13-31(27)33(32(28)21-24)29-11-5-2-8-25(29)26-9-3-6-12-30(26)33;1-5-9-13(4)15-11-8-7-10-14(15)12(3)6-2;1-9-7-8-12-6-4-5-10(2)13(12)11(9)3;1-11-7-9-13(10-8-11)12-5-3-2-4-6-12/h2-19,21H,20H2,1H3;7-8,10-12H,4-6,9H2,1-3H3;4,6-8,10H,5H2,1-3H3;2-10H,1H3. The third-order valence-electron chi connectivity index (χ3n) is 15.9. The van der Waals surface area contributed by atoms with Gasteiger partial charge in [0, 0.05) is 0 Å². The maximum Gasteiger partial charge on any atom is 0.0725 e. The second-order valence-corrected chi connectivity index (χ2v) is 21.0. The van der Waals surface area contributed by atoms with Crippen LogP contribution in [0.1, 0.15) is 143 Å². The second-order valence-electron chi connectivity index (χ2n) is 21.0. The lowest BCUT2D eigenvalue weighted by atomic mass is 9.70. The van der Waals surface area contributed by atoms with Gasteiger partial charge >= 0.3 is 0 Å². The second kappa shape index (κ2) is 23.1. The predicted molar refractivity (Wildman–Crippen MR) is 320 cm³/mol. The molecule has 0 radical (unpaired) electrons. The average molecular weight is 963 g/mol. The molecular weight excluding hydrogens is 889 g/mol. The van der Waals surface area contributed by atoms with Gasteiger partial charge in [-0.15, -0.1) is 0 Å². The van der Waals surface area contributed by atoms with Crippen molar-refractivity contribution in [2.45, 2.75) is 105 Å². The first-order chi connectivity index (χ1) is 36.0. The van der Waals surface area contributed by atoms with E-state index in [0.29, 0.717) is 11.8 Å². The summed E-state index contributed by atoms with van der Waals surface area (Å²) in [6, 6.07) is 75.3. The average Bonchev–Trinajstić information content (AvgIpc) is 3.91. The van der Waals surface area contributed by atoms with Crippen molar-refractivity contribution in [2.75, 3.05) is 0 Å². The smallest absolute Gasteiger partial charge is 0.0725 e. The maximum absolute atomic E-state index is 4.19. The molecule has 0 aliphatic heterocycles. The fraction of sp³-hybridized carbons (Fsp3) is 0.216. The molecule has 0 saturated heterocycles. The van der Waals surface area contributed by atoms with Crippen molar-refractivity contribution in [3.05, 3.63) is 297 Å². The van der Waals surface area contributed by atoms with Crippen molar-refractivity contribution in [3.8, 4) is 33.4 Å². The Kier molecular flexibility index (Phi) is 16.0. The van der Waals surface area contributed by atoms with E-state index >= 15 is 0 Å². The fourth-order valence-electron chi connectivity index (χ4n) is 11.7. The van der Waals surface area contributed by atoms with Gasteiger partial charge in [0.15, 0.2) is 0 Å². The SMILES string of the molecule is C=C(CCC)c1ccccc1C(C)CC.Cc1ccc(-c2ccccc2)cc1.Cc1ccc(Cc2ccc3c(c2)C2(c4ccccc4-c4ccccc42)c2ccccc2-3)cc1.Cc1ccc2c(c1C)C(C)CC=C2. The summed E-state index contributed by atoms with van der Waals surface area (Å²) >= 11 is 0. The molecule has 0 N–H and O–H groups in total. The highest BCUT2D eigenvalue weighted by molar-refractivity contribution is 5.95. The highest BCUT2D eigenvalue weighted by atomic mass is 14.5. The molecule has 0 aromatic heterocycles. The van der Waals surface area contributed by atoms with Crippen LogP contribution in [-0.4, -0.2) is 0 Å². The Morgan fingerprint density at radius 1 is 0.541 bits per heavy atom. The molecule has 9 aromatic carbocycles. The summed E-state index contributed by atoms with van der Waals surface area (Å²) < 4.78 is 0. The summed E-state index contributed by atoms with van der Waals surface area (Å²) in [5, 5.41) is 0. The highest BCUT2D eigenvalue weighted by Crippen LogP contribution is 2.62. The molecule has 1 spiro atoms. The van der Waals surface area contributed by atoms with Crippen LogP contribution in [0, 0.1) is 27.7 Å². The molecule has 2 atom stereocenters. The van der Waals surface area contributed by atoms with Crippen molar-refractivity contribution in [1.82, 2.24) is 0 Å². The minimum atomic E-state index is -0.248. The quantitative estimate of drug-likeness (QED) is 0.142. The Labute approximate surface area is 444 Å². The van der Waals surface area contributed by atoms with Crippen LogP contribution < -0.4 is 0 Å². The number of hydrogen-bond acceptors (Lipinski definition) is 0. The Morgan fingerprint density at radius 2 is 1.05 bits per heavy atom. The zero-order valence-electron chi connectivity index (χ0n) is 45.2. The van der Waals surface area contributed by atoms with E-state index in [0.717, 1.165) is 12.8 Å². The van der Waals surface area contributed by atoms with E-state index in [1.165, 1.54) is 131 Å². The van der Waals surface area contributed by atoms with Gasteiger partial charge in [-0.3, -0.25) is 0 Å². The molecule has 3 aliphatic rings. The zero-order chi connectivity index (χ0) is 51.8. The van der Waals surface area contributed by atoms with Crippen molar-refractivity contribution in [2.24, 2.45) is 0 Å². The van der Waals surface area contributed by atoms with Crippen molar-refractivity contribution >= 4 is 11.6 Å². The molecule has 0 nitrogen and oxygen atoms in total. The van der Waals surface area contributed by atoms with Gasteiger partial charge in [-0.25, -0.2) is 0 Å². The van der Waals surface area contributed by atoms with Crippen LogP contribution in [0.4, 0.5) is 0 Å². The first kappa shape index (κ1) is 51.4. The minimum absolute atomic E-state index is 0.248. The van der Waals surface area contributed by atoms with Crippen molar-refractivity contribution in [1.29, 1.82) is 0 Å². The van der Waals surface area contributed by atoms with E-state index in [1.807, 2.05) is 6.07 Å². The van der Waals surface area contributed by atoms with Crippen LogP contribution in [0.15, 0.2) is 219 Å². The van der Waals surface area contributed by atoms with Crippen LogP contribution >= 0.6 is 0 Å². The lowest BCUT2D eigenvalue weighted by molar-refractivity contribution is 0.730. The Balaban J connectivity index is 0.000000136. The number of fused-ring (bicyclic) bond motifs is 11. The van der Waals surface area contributed by atoms with Crippen LogP contribution in [-0.2, 0) is 11.8 Å². The molecule has 2 unspecified atom stereocenters. The van der Waals surface area contributed by atoms with E-state index in [1.54, 1.807) is 5.56 Å². The van der Waals surface area contributed by atoms with Gasteiger partial charge in [0.05, 0.1) is 5.41 Å². The molecule has 370 valence electrons. The summed E-state index contributed by atoms with van der Waals surface area (Å²) in [6.45, 7) is 21.9. The molecule has 0 heteroatoms. The zero-order valence-corrected chi connectivity index (χ0v) is 45.2. The van der Waals surface area contributed by atoms with Gasteiger partial charge in [-0.1, -0.05) is 270 Å². The largest absolute Gasteiger partial charge is 0.0952 e. The Morgan fingerprint density at radius 3 is 1.65 bits per heavy atom. The summed E-state index contributed by atoms with van der Waals surface area (Å²) in [5.41, 5.74) is 28.7. The van der Waals surface area contributed by atoms with Crippen LogP contribution in [0.3, 0.4) is 0 Å². The Hall–Kier alpha value is -7.54. The monoisotopic (exact) mass is 963 g/mol. The molecule has 9 aromatic rings. The predicted octanol–water partition coefficient (Wildman–Crippen LogP) is 20.4. The van der Waals surface area contributed by atoms with Gasteiger partial charge in [-0.2, -0.15) is 0 Å². The van der Waals surface area contributed by atoms with Gasteiger partial charge in [0.2, 0.25) is 0 Å². The van der Waals surface area contributed by atoms with Crippen LogP contribution in [0.5, 0.6) is 0 Å². The van der Waals surface area contributed by atoms with Crippen LogP contribution in [0.25, 0.3) is 45.0 Å².